The second kappa shape index (κ2) is 13.8. The average Bonchev–Trinajstić information content (AvgIpc) is 3.36. The molecule has 0 saturated carbocycles. The summed E-state index contributed by atoms with van der Waals surface area (Å²) >= 11 is 0. The number of benzene rings is 2. The average molecular weight is 562 g/mol. The number of hydrogen-bond acceptors (Lipinski definition) is 5. The van der Waals surface area contributed by atoms with E-state index in [1.165, 1.54) is 16.7 Å². The molecule has 0 unspecified atom stereocenters. The van der Waals surface area contributed by atoms with Gasteiger partial charge in [-0.05, 0) is 91.8 Å². The Hall–Kier alpha value is -2.99. The van der Waals surface area contributed by atoms with Crippen molar-refractivity contribution in [2.75, 3.05) is 13.1 Å². The van der Waals surface area contributed by atoms with Crippen molar-refractivity contribution >= 4 is 5.97 Å². The lowest BCUT2D eigenvalue weighted by molar-refractivity contribution is -0.153. The third kappa shape index (κ3) is 9.81. The van der Waals surface area contributed by atoms with Crippen molar-refractivity contribution in [3.05, 3.63) is 59.2 Å². The van der Waals surface area contributed by atoms with Gasteiger partial charge >= 0.3 is 5.97 Å². The van der Waals surface area contributed by atoms with Gasteiger partial charge in [0.05, 0.1) is 5.41 Å². The monoisotopic (exact) mass is 561 g/mol. The van der Waals surface area contributed by atoms with E-state index < -0.39 is 11.4 Å². The number of carboxylic acid groups (broad SMARTS) is 1. The van der Waals surface area contributed by atoms with E-state index in [-0.39, 0.29) is 0 Å². The lowest BCUT2D eigenvalue weighted by Gasteiger charge is -2.40. The number of hydrogen-bond donors (Lipinski definition) is 1. The van der Waals surface area contributed by atoms with Gasteiger partial charge in [-0.25, -0.2) is 0 Å². The second-order valence-electron chi connectivity index (χ2n) is 14.3. The normalized spacial score (nSPS) is 15.6. The third-order valence-electron chi connectivity index (χ3n) is 7.33. The van der Waals surface area contributed by atoms with Crippen LogP contribution >= 0.6 is 0 Å². The molecular weight excluding hydrogens is 510 g/mol. The van der Waals surface area contributed by atoms with Gasteiger partial charge in [-0.1, -0.05) is 90.9 Å². The number of aliphatic carboxylic acids is 1. The molecule has 4 rings (SSSR count). The van der Waals surface area contributed by atoms with Crippen molar-refractivity contribution in [3.8, 4) is 22.8 Å². The van der Waals surface area contributed by atoms with Crippen molar-refractivity contribution in [2.45, 2.75) is 94.5 Å². The summed E-state index contributed by atoms with van der Waals surface area (Å²) in [7, 11) is 0. The van der Waals surface area contributed by atoms with Gasteiger partial charge in [-0.2, -0.15) is 4.98 Å². The van der Waals surface area contributed by atoms with Crippen LogP contribution in [0.5, 0.6) is 0 Å². The van der Waals surface area contributed by atoms with Crippen LogP contribution in [0.15, 0.2) is 47.0 Å². The van der Waals surface area contributed by atoms with Crippen molar-refractivity contribution in [3.63, 3.8) is 0 Å². The maximum Gasteiger partial charge on any atom is 0.309 e. The minimum atomic E-state index is -0.638. The zero-order valence-electron chi connectivity index (χ0n) is 26.8. The number of carbonyl (C=O) groups is 1. The fraction of sp³-hybridized carbons (Fsp3) is 0.571. The summed E-state index contributed by atoms with van der Waals surface area (Å²) in [6, 6.07) is 14.6. The molecular formula is C35H51N3O3. The van der Waals surface area contributed by atoms with Crippen molar-refractivity contribution in [2.24, 2.45) is 22.7 Å². The van der Waals surface area contributed by atoms with Gasteiger partial charge in [0.2, 0.25) is 5.82 Å². The summed E-state index contributed by atoms with van der Waals surface area (Å²) in [5.41, 5.74) is 5.58. The topological polar surface area (TPSA) is 79.5 Å². The Bertz CT molecular complexity index is 1250. The smallest absolute Gasteiger partial charge is 0.309 e. The van der Waals surface area contributed by atoms with Crippen LogP contribution in [-0.2, 0) is 17.8 Å². The predicted octanol–water partition coefficient (Wildman–Crippen LogP) is 8.68. The quantitative estimate of drug-likeness (QED) is 0.281. The minimum absolute atomic E-state index is 0.388. The number of piperidine rings is 1. The Balaban J connectivity index is 0.000000850. The predicted molar refractivity (Wildman–Crippen MR) is 168 cm³/mol. The Labute approximate surface area is 247 Å². The molecule has 1 N–H and O–H groups in total. The van der Waals surface area contributed by atoms with Crippen LogP contribution in [0.1, 0.15) is 91.3 Å². The zero-order chi connectivity index (χ0) is 30.4. The number of aryl methyl sites for hydroxylation is 1. The molecule has 2 aromatic carbocycles. The van der Waals surface area contributed by atoms with Gasteiger partial charge in [-0.3, -0.25) is 9.69 Å². The molecule has 1 aliphatic rings. The summed E-state index contributed by atoms with van der Waals surface area (Å²) < 4.78 is 5.58. The molecule has 0 amide bonds. The first kappa shape index (κ1) is 32.5. The van der Waals surface area contributed by atoms with E-state index in [2.05, 4.69) is 108 Å². The van der Waals surface area contributed by atoms with E-state index in [0.717, 1.165) is 43.6 Å². The molecule has 3 aromatic rings. The minimum Gasteiger partial charge on any atom is -0.481 e. The first-order valence-electron chi connectivity index (χ1n) is 15.1. The molecule has 1 saturated heterocycles. The molecule has 0 atom stereocenters. The van der Waals surface area contributed by atoms with Gasteiger partial charge in [0, 0.05) is 17.7 Å². The van der Waals surface area contributed by atoms with Gasteiger partial charge in [0.1, 0.15) is 0 Å². The molecule has 0 spiro atoms. The van der Waals surface area contributed by atoms with Crippen molar-refractivity contribution in [1.82, 2.24) is 15.0 Å². The summed E-state index contributed by atoms with van der Waals surface area (Å²) in [4.78, 5) is 19.0. The lowest BCUT2D eigenvalue weighted by Crippen LogP contribution is -2.44. The van der Waals surface area contributed by atoms with Crippen molar-refractivity contribution < 1.29 is 14.4 Å². The maximum atomic E-state index is 12.0. The van der Waals surface area contributed by atoms with Crippen LogP contribution in [0.3, 0.4) is 0 Å². The molecule has 6 heteroatoms. The standard InChI is InChI=1S/C30H39N3O3.C5H12/c1-20(2)16-25-10-11-26(17-22(25)5)28-31-27(32-36-28)24-8-6-23(7-9-24)19-33-14-12-30(13-15-33,29(34)35)18-21(3)4;1-5(2,3)4/h6-11,17,20-21H,12-16,18-19H2,1-5H3,(H,34,35);1-4H3. The first-order chi connectivity index (χ1) is 19.1. The summed E-state index contributed by atoms with van der Waals surface area (Å²) in [6.07, 6.45) is 3.23. The van der Waals surface area contributed by atoms with E-state index in [1.807, 2.05) is 12.1 Å². The van der Waals surface area contributed by atoms with Crippen LogP contribution in [-0.4, -0.2) is 39.2 Å². The maximum absolute atomic E-state index is 12.0. The number of aromatic nitrogens is 2. The highest BCUT2D eigenvalue weighted by atomic mass is 16.5. The summed E-state index contributed by atoms with van der Waals surface area (Å²) in [5, 5.41) is 14.1. The van der Waals surface area contributed by atoms with Crippen LogP contribution < -0.4 is 0 Å². The van der Waals surface area contributed by atoms with Crippen LogP contribution in [0.2, 0.25) is 0 Å². The lowest BCUT2D eigenvalue weighted by atomic mass is 9.72. The van der Waals surface area contributed by atoms with Gasteiger partial charge in [-0.15, -0.1) is 0 Å². The highest BCUT2D eigenvalue weighted by molar-refractivity contribution is 5.74. The molecule has 0 radical (unpaired) electrons. The highest BCUT2D eigenvalue weighted by Crippen LogP contribution is 2.38. The second-order valence-corrected chi connectivity index (χ2v) is 14.3. The van der Waals surface area contributed by atoms with E-state index in [9.17, 15) is 9.90 Å². The van der Waals surface area contributed by atoms with Gasteiger partial charge in [0.15, 0.2) is 0 Å². The summed E-state index contributed by atoms with van der Waals surface area (Å²) in [5.74, 6) is 1.48. The van der Waals surface area contributed by atoms with E-state index in [1.54, 1.807) is 0 Å². The fourth-order valence-corrected chi connectivity index (χ4v) is 5.40. The Morgan fingerprint density at radius 3 is 2.07 bits per heavy atom. The molecule has 1 aliphatic heterocycles. The summed E-state index contributed by atoms with van der Waals surface area (Å²) in [6.45, 7) is 22.0. The Morgan fingerprint density at radius 1 is 0.976 bits per heavy atom. The van der Waals surface area contributed by atoms with Crippen LogP contribution in [0.4, 0.5) is 0 Å². The Kier molecular flexibility index (Phi) is 10.9. The van der Waals surface area contributed by atoms with Gasteiger partial charge < -0.3 is 9.63 Å². The molecule has 41 heavy (non-hydrogen) atoms. The molecule has 0 bridgehead atoms. The number of likely N-dealkylation sites (tertiary alicyclic amines) is 1. The van der Waals surface area contributed by atoms with E-state index >= 15 is 0 Å². The number of carboxylic acids is 1. The van der Waals surface area contributed by atoms with Crippen LogP contribution in [0, 0.1) is 29.6 Å². The van der Waals surface area contributed by atoms with E-state index in [0.29, 0.717) is 41.8 Å². The van der Waals surface area contributed by atoms with Crippen LogP contribution in [0.25, 0.3) is 22.8 Å². The van der Waals surface area contributed by atoms with Gasteiger partial charge in [0.25, 0.3) is 5.89 Å². The van der Waals surface area contributed by atoms with E-state index in [4.69, 9.17) is 4.52 Å². The molecule has 1 fully saturated rings. The first-order valence-corrected chi connectivity index (χ1v) is 15.1. The Morgan fingerprint density at radius 2 is 1.56 bits per heavy atom. The molecule has 6 nitrogen and oxygen atoms in total. The molecule has 0 aliphatic carbocycles. The number of rotatable bonds is 9. The third-order valence-corrected chi connectivity index (χ3v) is 7.33. The molecule has 2 heterocycles. The largest absolute Gasteiger partial charge is 0.481 e. The van der Waals surface area contributed by atoms with Crippen molar-refractivity contribution in [1.29, 1.82) is 0 Å². The SMILES string of the molecule is CC(C)(C)C.Cc1cc(-c2nc(-c3ccc(CN4CCC(CC(C)C)(C(=O)O)CC4)cc3)no2)ccc1CC(C)C. The molecule has 224 valence electrons. The number of nitrogens with zero attached hydrogens (tertiary/aromatic N) is 3. The molecule has 1 aromatic heterocycles. The highest BCUT2D eigenvalue weighted by Gasteiger charge is 2.41. The zero-order valence-corrected chi connectivity index (χ0v) is 26.8. The fourth-order valence-electron chi connectivity index (χ4n) is 5.40.